The van der Waals surface area contributed by atoms with Gasteiger partial charge < -0.3 is 14.4 Å². The van der Waals surface area contributed by atoms with Crippen LogP contribution in [0, 0.1) is 0 Å². The summed E-state index contributed by atoms with van der Waals surface area (Å²) in [6.07, 6.45) is 1.48. The lowest BCUT2D eigenvalue weighted by Crippen LogP contribution is -2.41. The number of ether oxygens (including phenoxy) is 2. The largest absolute Gasteiger partial charge is 0.497 e. The highest BCUT2D eigenvalue weighted by molar-refractivity contribution is 7.07. The zero-order valence-electron chi connectivity index (χ0n) is 23.1. The lowest BCUT2D eigenvalue weighted by molar-refractivity contribution is -0.138. The van der Waals surface area contributed by atoms with E-state index in [4.69, 9.17) is 9.47 Å². The quantitative estimate of drug-likeness (QED) is 0.246. The molecule has 1 amide bonds. The number of carbonyl (C=O) groups is 2. The van der Waals surface area contributed by atoms with Gasteiger partial charge in [-0.1, -0.05) is 84.7 Å². The van der Waals surface area contributed by atoms with Crippen LogP contribution in [0.5, 0.6) is 5.75 Å². The SMILES string of the molecule is C=CCOC(=O)C1=C(C)N=c2s/c(=C3\C(=O)N(Cc4ccccc4)c4ccccc43)c(=O)n2C1c1ccc(OC)cc1. The maximum atomic E-state index is 14.3. The van der Waals surface area contributed by atoms with Gasteiger partial charge in [0.05, 0.1) is 42.2 Å². The number of hydrogen-bond acceptors (Lipinski definition) is 7. The first-order chi connectivity index (χ1) is 20.4. The fourth-order valence-electron chi connectivity index (χ4n) is 5.37. The molecule has 3 aromatic carbocycles. The van der Waals surface area contributed by atoms with Crippen LogP contribution in [0.4, 0.5) is 5.69 Å². The van der Waals surface area contributed by atoms with Gasteiger partial charge >= 0.3 is 5.97 Å². The average molecular weight is 578 g/mol. The van der Waals surface area contributed by atoms with Gasteiger partial charge in [-0.25, -0.2) is 9.79 Å². The third-order valence-electron chi connectivity index (χ3n) is 7.31. The van der Waals surface area contributed by atoms with Gasteiger partial charge in [-0.3, -0.25) is 14.2 Å². The Hall–Kier alpha value is -5.02. The first kappa shape index (κ1) is 27.2. The Balaban J connectivity index is 1.56. The summed E-state index contributed by atoms with van der Waals surface area (Å²) in [5.74, 6) is -0.213. The number of anilines is 1. The molecule has 1 aromatic heterocycles. The minimum atomic E-state index is -0.814. The number of nitrogens with zero attached hydrogens (tertiary/aromatic N) is 3. The topological polar surface area (TPSA) is 90.2 Å². The lowest BCUT2D eigenvalue weighted by atomic mass is 9.96. The van der Waals surface area contributed by atoms with Crippen molar-refractivity contribution in [3.63, 3.8) is 0 Å². The Morgan fingerprint density at radius 2 is 1.74 bits per heavy atom. The molecule has 42 heavy (non-hydrogen) atoms. The molecule has 1 atom stereocenters. The standard InChI is InChI=1S/C33H27N3O5S/c1-4-18-41-32(39)26-20(2)34-33-36(28(26)22-14-16-23(40-3)17-15-22)31(38)29(42-33)27-24-12-8-9-13-25(24)35(30(27)37)19-21-10-6-5-7-11-21/h4-17,28H,1,18-19H2,2-3H3/b29-27-. The number of para-hydroxylation sites is 1. The molecular weight excluding hydrogens is 550 g/mol. The Morgan fingerprint density at radius 3 is 2.45 bits per heavy atom. The summed E-state index contributed by atoms with van der Waals surface area (Å²) >= 11 is 1.15. The van der Waals surface area contributed by atoms with Crippen LogP contribution >= 0.6 is 11.3 Å². The van der Waals surface area contributed by atoms with Gasteiger partial charge in [-0.05, 0) is 36.2 Å². The molecule has 0 saturated carbocycles. The first-order valence-electron chi connectivity index (χ1n) is 13.3. The van der Waals surface area contributed by atoms with Crippen molar-refractivity contribution in [3.8, 4) is 5.75 Å². The van der Waals surface area contributed by atoms with Gasteiger partial charge in [0, 0.05) is 5.56 Å². The van der Waals surface area contributed by atoms with E-state index >= 15 is 0 Å². The number of carbonyl (C=O) groups excluding carboxylic acids is 2. The molecule has 3 heterocycles. The van der Waals surface area contributed by atoms with E-state index in [1.54, 1.807) is 43.2 Å². The van der Waals surface area contributed by atoms with Crippen molar-refractivity contribution in [3.05, 3.63) is 139 Å². The Bertz CT molecular complexity index is 1940. The lowest BCUT2D eigenvalue weighted by Gasteiger charge is -2.24. The molecule has 2 aliphatic heterocycles. The predicted molar refractivity (Wildman–Crippen MR) is 161 cm³/mol. The fourth-order valence-corrected chi connectivity index (χ4v) is 6.51. The van der Waals surface area contributed by atoms with E-state index in [1.807, 2.05) is 54.6 Å². The van der Waals surface area contributed by atoms with Crippen LogP contribution < -0.4 is 24.5 Å². The number of amides is 1. The predicted octanol–water partition coefficient (Wildman–Crippen LogP) is 3.89. The van der Waals surface area contributed by atoms with Gasteiger partial charge in [-0.2, -0.15) is 0 Å². The zero-order chi connectivity index (χ0) is 29.4. The summed E-state index contributed by atoms with van der Waals surface area (Å²) in [6, 6.07) is 23.5. The number of allylic oxidation sites excluding steroid dienone is 1. The van der Waals surface area contributed by atoms with E-state index in [2.05, 4.69) is 11.6 Å². The van der Waals surface area contributed by atoms with Crippen LogP contribution in [0.1, 0.15) is 29.7 Å². The number of methoxy groups -OCH3 is 1. The van der Waals surface area contributed by atoms with Crippen LogP contribution in [-0.4, -0.2) is 30.2 Å². The van der Waals surface area contributed by atoms with Crippen molar-refractivity contribution in [2.45, 2.75) is 19.5 Å². The van der Waals surface area contributed by atoms with Crippen molar-refractivity contribution in [1.29, 1.82) is 0 Å². The van der Waals surface area contributed by atoms with Crippen LogP contribution in [0.15, 0.2) is 113 Å². The first-order valence-corrected chi connectivity index (χ1v) is 14.2. The van der Waals surface area contributed by atoms with E-state index in [0.29, 0.717) is 39.5 Å². The average Bonchev–Trinajstić information content (AvgIpc) is 3.47. The van der Waals surface area contributed by atoms with Gasteiger partial charge in [0.15, 0.2) is 4.80 Å². The van der Waals surface area contributed by atoms with Crippen LogP contribution in [0.25, 0.3) is 5.57 Å². The maximum absolute atomic E-state index is 14.3. The molecule has 0 bridgehead atoms. The third kappa shape index (κ3) is 4.57. The second-order valence-electron chi connectivity index (χ2n) is 9.83. The van der Waals surface area contributed by atoms with Gasteiger partial charge in [0.2, 0.25) is 0 Å². The zero-order valence-corrected chi connectivity index (χ0v) is 23.9. The van der Waals surface area contributed by atoms with Crippen molar-refractivity contribution in [2.24, 2.45) is 4.99 Å². The third-order valence-corrected chi connectivity index (χ3v) is 8.37. The number of thiazole rings is 1. The Kier molecular flexibility index (Phi) is 7.18. The molecule has 2 aliphatic rings. The van der Waals surface area contributed by atoms with E-state index < -0.39 is 17.6 Å². The fraction of sp³-hybridized carbons (Fsp3) is 0.152. The minimum absolute atomic E-state index is 0.0159. The Labute approximate surface area is 245 Å². The highest BCUT2D eigenvalue weighted by Crippen LogP contribution is 2.37. The summed E-state index contributed by atoms with van der Waals surface area (Å²) in [5.41, 5.74) is 3.69. The number of benzene rings is 3. The van der Waals surface area contributed by atoms with Gasteiger partial charge in [0.25, 0.3) is 11.5 Å². The maximum Gasteiger partial charge on any atom is 0.338 e. The van der Waals surface area contributed by atoms with Gasteiger partial charge in [0.1, 0.15) is 16.9 Å². The molecule has 9 heteroatoms. The summed E-state index contributed by atoms with van der Waals surface area (Å²) < 4.78 is 12.5. The van der Waals surface area contributed by atoms with E-state index in [9.17, 15) is 14.4 Å². The summed E-state index contributed by atoms with van der Waals surface area (Å²) in [4.78, 5) is 48.4. The van der Waals surface area contributed by atoms with Crippen molar-refractivity contribution < 1.29 is 19.1 Å². The van der Waals surface area contributed by atoms with Crippen molar-refractivity contribution in [1.82, 2.24) is 4.57 Å². The van der Waals surface area contributed by atoms with Crippen LogP contribution in [0.3, 0.4) is 0 Å². The second kappa shape index (κ2) is 11.1. The number of hydrogen-bond donors (Lipinski definition) is 0. The minimum Gasteiger partial charge on any atom is -0.497 e. The number of esters is 1. The molecule has 1 unspecified atom stereocenters. The van der Waals surface area contributed by atoms with E-state index in [1.165, 1.54) is 10.6 Å². The second-order valence-corrected chi connectivity index (χ2v) is 10.8. The monoisotopic (exact) mass is 577 g/mol. The summed E-state index contributed by atoms with van der Waals surface area (Å²) in [6.45, 7) is 5.73. The molecular formula is C33H27N3O5S. The van der Waals surface area contributed by atoms with E-state index in [-0.39, 0.29) is 22.6 Å². The molecule has 8 nitrogen and oxygen atoms in total. The molecule has 0 radical (unpaired) electrons. The van der Waals surface area contributed by atoms with Crippen molar-refractivity contribution >= 4 is 34.5 Å². The van der Waals surface area contributed by atoms with Crippen LogP contribution in [0.2, 0.25) is 0 Å². The molecule has 6 rings (SSSR count). The van der Waals surface area contributed by atoms with Crippen LogP contribution in [-0.2, 0) is 20.9 Å². The Morgan fingerprint density at radius 1 is 1.02 bits per heavy atom. The molecule has 0 N–H and O–H groups in total. The normalized spacial score (nSPS) is 17.0. The number of aromatic nitrogens is 1. The van der Waals surface area contributed by atoms with E-state index in [0.717, 1.165) is 22.6 Å². The highest BCUT2D eigenvalue weighted by Gasteiger charge is 2.37. The number of rotatable bonds is 7. The molecule has 4 aromatic rings. The van der Waals surface area contributed by atoms with Crippen molar-refractivity contribution in [2.75, 3.05) is 18.6 Å². The molecule has 210 valence electrons. The smallest absolute Gasteiger partial charge is 0.338 e. The van der Waals surface area contributed by atoms with Gasteiger partial charge in [-0.15, -0.1) is 0 Å². The summed E-state index contributed by atoms with van der Waals surface area (Å²) in [7, 11) is 1.57. The molecule has 0 saturated heterocycles. The summed E-state index contributed by atoms with van der Waals surface area (Å²) in [5, 5.41) is 0. The molecule has 0 fully saturated rings. The molecule has 0 spiro atoms. The highest BCUT2D eigenvalue weighted by atomic mass is 32.1. The molecule has 0 aliphatic carbocycles. The number of fused-ring (bicyclic) bond motifs is 2.